The van der Waals surface area contributed by atoms with Gasteiger partial charge in [0.15, 0.2) is 5.78 Å². The highest BCUT2D eigenvalue weighted by atomic mass is 32.2. The molecule has 0 fully saturated rings. The molecule has 0 radical (unpaired) electrons. The highest BCUT2D eigenvalue weighted by molar-refractivity contribution is 7.92. The van der Waals surface area contributed by atoms with E-state index >= 15 is 0 Å². The Kier molecular flexibility index (Phi) is 5.67. The summed E-state index contributed by atoms with van der Waals surface area (Å²) in [5.41, 5.74) is 3.70. The summed E-state index contributed by atoms with van der Waals surface area (Å²) in [7, 11) is -2.26. The van der Waals surface area contributed by atoms with Crippen molar-refractivity contribution in [1.29, 1.82) is 0 Å². The van der Waals surface area contributed by atoms with Gasteiger partial charge in [-0.05, 0) is 54.3 Å². The van der Waals surface area contributed by atoms with Crippen molar-refractivity contribution in [3.8, 4) is 11.4 Å². The molecule has 34 heavy (non-hydrogen) atoms. The zero-order valence-corrected chi connectivity index (χ0v) is 19.3. The summed E-state index contributed by atoms with van der Waals surface area (Å²) in [6, 6.07) is 23.2. The van der Waals surface area contributed by atoms with Gasteiger partial charge in [-0.3, -0.25) is 9.52 Å². The monoisotopic (exact) mass is 473 g/mol. The van der Waals surface area contributed by atoms with Crippen LogP contribution < -0.4 is 9.46 Å². The molecule has 0 aliphatic heterocycles. The molecular weight excluding hydrogens is 450 g/mol. The average Bonchev–Trinajstić information content (AvgIpc) is 3.29. The molecule has 1 unspecified atom stereocenters. The van der Waals surface area contributed by atoms with E-state index in [1.807, 2.05) is 30.3 Å². The Morgan fingerprint density at radius 1 is 0.971 bits per heavy atom. The predicted octanol–water partition coefficient (Wildman–Crippen LogP) is 4.59. The zero-order chi connectivity index (χ0) is 23.7. The molecule has 5 rings (SSSR count). The van der Waals surface area contributed by atoms with Crippen LogP contribution in [0.25, 0.3) is 5.69 Å². The van der Waals surface area contributed by atoms with Crippen LogP contribution >= 0.6 is 0 Å². The third kappa shape index (κ3) is 4.20. The quantitative estimate of drug-likeness (QED) is 0.442. The Labute approximate surface area is 198 Å². The molecule has 0 saturated heterocycles. The second kappa shape index (κ2) is 8.79. The topological polar surface area (TPSA) is 90.3 Å². The highest BCUT2D eigenvalue weighted by Crippen LogP contribution is 2.33. The molecule has 1 atom stereocenters. The summed E-state index contributed by atoms with van der Waals surface area (Å²) in [4.78, 5) is 12.9. The van der Waals surface area contributed by atoms with Crippen molar-refractivity contribution in [2.75, 3.05) is 11.8 Å². The van der Waals surface area contributed by atoms with Gasteiger partial charge < -0.3 is 4.74 Å². The lowest BCUT2D eigenvalue weighted by Gasteiger charge is -2.23. The maximum Gasteiger partial charge on any atom is 0.261 e. The van der Waals surface area contributed by atoms with Crippen LogP contribution in [0, 0.1) is 0 Å². The van der Waals surface area contributed by atoms with Gasteiger partial charge in [-0.15, -0.1) is 0 Å². The summed E-state index contributed by atoms with van der Waals surface area (Å²) < 4.78 is 35.2. The number of carbonyl (C=O) groups is 1. The number of benzene rings is 3. The number of hydrogen-bond acceptors (Lipinski definition) is 5. The molecule has 1 N–H and O–H groups in total. The number of ether oxygens (including phenoxy) is 1. The van der Waals surface area contributed by atoms with Gasteiger partial charge in [0.05, 0.1) is 40.8 Å². The highest BCUT2D eigenvalue weighted by Gasteiger charge is 2.30. The van der Waals surface area contributed by atoms with Gasteiger partial charge in [-0.25, -0.2) is 13.1 Å². The molecular formula is C26H23N3O4S. The number of hydrogen-bond donors (Lipinski definition) is 1. The fourth-order valence-electron chi connectivity index (χ4n) is 4.29. The SMILES string of the molecule is COc1cccc(NS(=O)(=O)c2ccc(-n3ncc4c3CC(c3ccccc3)CC4=O)cc2)c1. The van der Waals surface area contributed by atoms with Crippen molar-refractivity contribution in [3.05, 3.63) is 102 Å². The first kappa shape index (κ1) is 21.9. The van der Waals surface area contributed by atoms with Crippen molar-refractivity contribution in [2.45, 2.75) is 23.7 Å². The van der Waals surface area contributed by atoms with Crippen LogP contribution in [0.15, 0.2) is 90.0 Å². The lowest BCUT2D eigenvalue weighted by Crippen LogP contribution is -2.20. The van der Waals surface area contributed by atoms with Gasteiger partial charge in [0.25, 0.3) is 10.0 Å². The third-order valence-electron chi connectivity index (χ3n) is 6.03. The van der Waals surface area contributed by atoms with Crippen LogP contribution in [0.3, 0.4) is 0 Å². The molecule has 0 amide bonds. The van der Waals surface area contributed by atoms with Crippen LogP contribution in [0.5, 0.6) is 5.75 Å². The van der Waals surface area contributed by atoms with E-state index in [1.54, 1.807) is 47.3 Å². The van der Waals surface area contributed by atoms with Crippen molar-refractivity contribution >= 4 is 21.5 Å². The minimum Gasteiger partial charge on any atom is -0.497 e. The third-order valence-corrected chi connectivity index (χ3v) is 7.42. The summed E-state index contributed by atoms with van der Waals surface area (Å²) in [6.07, 6.45) is 2.74. The van der Waals surface area contributed by atoms with E-state index in [0.717, 1.165) is 11.3 Å². The number of Topliss-reactive ketones (excluding diaryl/α,β-unsaturated/α-hetero) is 1. The van der Waals surface area contributed by atoms with Gasteiger partial charge in [0.1, 0.15) is 5.75 Å². The fraction of sp³-hybridized carbons (Fsp3) is 0.154. The second-order valence-corrected chi connectivity index (χ2v) is 9.87. The van der Waals surface area contributed by atoms with Crippen LogP contribution in [0.2, 0.25) is 0 Å². The van der Waals surface area contributed by atoms with Crippen LogP contribution in [0.1, 0.15) is 34.0 Å². The van der Waals surface area contributed by atoms with Crippen molar-refractivity contribution < 1.29 is 17.9 Å². The second-order valence-electron chi connectivity index (χ2n) is 8.19. The van der Waals surface area contributed by atoms with Gasteiger partial charge in [-0.1, -0.05) is 36.4 Å². The first-order valence-electron chi connectivity index (χ1n) is 10.9. The molecule has 4 aromatic rings. The summed E-state index contributed by atoms with van der Waals surface area (Å²) in [6.45, 7) is 0. The molecule has 3 aromatic carbocycles. The number of nitrogens with one attached hydrogen (secondary N) is 1. The van der Waals surface area contributed by atoms with Gasteiger partial charge in [0, 0.05) is 12.5 Å². The number of nitrogens with zero attached hydrogens (tertiary/aromatic N) is 2. The average molecular weight is 474 g/mol. The number of sulfonamides is 1. The van der Waals surface area contributed by atoms with E-state index in [0.29, 0.717) is 35.5 Å². The van der Waals surface area contributed by atoms with E-state index in [1.165, 1.54) is 19.2 Å². The van der Waals surface area contributed by atoms with Crippen LogP contribution in [-0.4, -0.2) is 31.1 Å². The fourth-order valence-corrected chi connectivity index (χ4v) is 5.34. The van der Waals surface area contributed by atoms with Gasteiger partial charge in [0.2, 0.25) is 0 Å². The Balaban J connectivity index is 1.41. The molecule has 1 aliphatic carbocycles. The predicted molar refractivity (Wildman–Crippen MR) is 129 cm³/mol. The maximum atomic E-state index is 12.9. The Hall–Kier alpha value is -3.91. The molecule has 1 heterocycles. The first-order valence-corrected chi connectivity index (χ1v) is 12.4. The molecule has 0 saturated carbocycles. The number of fused-ring (bicyclic) bond motifs is 1. The molecule has 1 aliphatic rings. The summed E-state index contributed by atoms with van der Waals surface area (Å²) in [5.74, 6) is 0.716. The van der Waals surface area contributed by atoms with E-state index < -0.39 is 10.0 Å². The van der Waals surface area contributed by atoms with Crippen molar-refractivity contribution in [2.24, 2.45) is 0 Å². The van der Waals surface area contributed by atoms with E-state index in [2.05, 4.69) is 9.82 Å². The molecule has 0 spiro atoms. The first-order chi connectivity index (χ1) is 16.4. The van der Waals surface area contributed by atoms with Crippen molar-refractivity contribution in [3.63, 3.8) is 0 Å². The number of aromatic nitrogens is 2. The van der Waals surface area contributed by atoms with Crippen LogP contribution in [0.4, 0.5) is 5.69 Å². The minimum absolute atomic E-state index is 0.0723. The number of carbonyl (C=O) groups excluding carboxylic acids is 1. The lowest BCUT2D eigenvalue weighted by atomic mass is 9.82. The Morgan fingerprint density at radius 2 is 1.74 bits per heavy atom. The summed E-state index contributed by atoms with van der Waals surface area (Å²) in [5, 5.41) is 4.44. The standard InChI is InChI=1S/C26H23N3O4S/c1-33-22-9-5-8-20(16-22)28-34(31,32)23-12-10-21(11-13-23)29-25-14-19(18-6-3-2-4-7-18)15-26(30)24(25)17-27-29/h2-13,16-17,19,28H,14-15H2,1H3. The number of anilines is 1. The molecule has 0 bridgehead atoms. The van der Waals surface area contributed by atoms with Gasteiger partial charge in [-0.2, -0.15) is 5.10 Å². The van der Waals surface area contributed by atoms with Gasteiger partial charge >= 0.3 is 0 Å². The van der Waals surface area contributed by atoms with Crippen LogP contribution in [-0.2, 0) is 16.4 Å². The molecule has 172 valence electrons. The minimum atomic E-state index is -3.78. The largest absolute Gasteiger partial charge is 0.497 e. The summed E-state index contributed by atoms with van der Waals surface area (Å²) >= 11 is 0. The zero-order valence-electron chi connectivity index (χ0n) is 18.5. The van der Waals surface area contributed by atoms with E-state index in [9.17, 15) is 13.2 Å². The normalized spacial score (nSPS) is 15.6. The Morgan fingerprint density at radius 3 is 2.47 bits per heavy atom. The number of methoxy groups -OCH3 is 1. The van der Waals surface area contributed by atoms with E-state index in [4.69, 9.17) is 4.74 Å². The smallest absolute Gasteiger partial charge is 0.261 e. The maximum absolute atomic E-state index is 12.9. The molecule has 1 aromatic heterocycles. The van der Waals surface area contributed by atoms with E-state index in [-0.39, 0.29) is 16.6 Å². The van der Waals surface area contributed by atoms with Crippen molar-refractivity contribution in [1.82, 2.24) is 9.78 Å². The number of ketones is 1. The number of rotatable bonds is 6. The molecule has 8 heteroatoms. The molecule has 7 nitrogen and oxygen atoms in total. The lowest BCUT2D eigenvalue weighted by molar-refractivity contribution is 0.0963. The Bertz CT molecular complexity index is 1450.